The molecule has 3 aromatic carbocycles. The standard InChI is InChI=1S/C29H23N3O5/c1-17(37-29(36)19(16-30)14-18-8-11-21(12-9-18)32(2)3)28(35)31-20-10-13-24-25(15-20)27(34)23-7-5-4-6-22(23)26(24)33/h4-15,17H,1-3H3,(H,31,35)/b19-14+. The molecule has 8 nitrogen and oxygen atoms in total. The lowest BCUT2D eigenvalue weighted by Gasteiger charge is -2.19. The highest BCUT2D eigenvalue weighted by atomic mass is 16.5. The number of rotatable bonds is 6. The van der Waals surface area contributed by atoms with E-state index in [1.54, 1.807) is 36.4 Å². The van der Waals surface area contributed by atoms with Gasteiger partial charge in [0.05, 0.1) is 0 Å². The summed E-state index contributed by atoms with van der Waals surface area (Å²) >= 11 is 0. The molecule has 0 fully saturated rings. The smallest absolute Gasteiger partial charge is 0.349 e. The number of benzene rings is 3. The molecule has 3 aromatic rings. The van der Waals surface area contributed by atoms with Crippen LogP contribution >= 0.6 is 0 Å². The minimum atomic E-state index is -1.23. The summed E-state index contributed by atoms with van der Waals surface area (Å²) in [6.07, 6.45) is 0.158. The first-order valence-electron chi connectivity index (χ1n) is 11.4. The van der Waals surface area contributed by atoms with Gasteiger partial charge in [-0.2, -0.15) is 5.26 Å². The van der Waals surface area contributed by atoms with E-state index in [1.807, 2.05) is 37.2 Å². The van der Waals surface area contributed by atoms with Gasteiger partial charge in [0.15, 0.2) is 17.7 Å². The number of carbonyl (C=O) groups is 4. The summed E-state index contributed by atoms with van der Waals surface area (Å²) in [5, 5.41) is 12.0. The van der Waals surface area contributed by atoms with Crippen molar-refractivity contribution < 1.29 is 23.9 Å². The van der Waals surface area contributed by atoms with Crippen molar-refractivity contribution in [2.45, 2.75) is 13.0 Å². The third-order valence-electron chi connectivity index (χ3n) is 5.91. The first kappa shape index (κ1) is 25.1. The van der Waals surface area contributed by atoms with Gasteiger partial charge >= 0.3 is 5.97 Å². The van der Waals surface area contributed by atoms with E-state index in [2.05, 4.69) is 5.32 Å². The van der Waals surface area contributed by atoms with Gasteiger partial charge in [-0.15, -0.1) is 0 Å². The molecule has 1 unspecified atom stereocenters. The third kappa shape index (κ3) is 5.16. The lowest BCUT2D eigenvalue weighted by atomic mass is 9.84. The number of nitrogens with zero attached hydrogens (tertiary/aromatic N) is 2. The summed E-state index contributed by atoms with van der Waals surface area (Å²) in [5.41, 5.74) is 2.68. The van der Waals surface area contributed by atoms with Gasteiger partial charge < -0.3 is 15.0 Å². The average molecular weight is 494 g/mol. The maximum absolute atomic E-state index is 12.9. The van der Waals surface area contributed by atoms with E-state index in [0.717, 1.165) is 5.69 Å². The van der Waals surface area contributed by atoms with Crippen molar-refractivity contribution in [2.75, 3.05) is 24.3 Å². The second kappa shape index (κ2) is 10.3. The Labute approximate surface area is 213 Å². The van der Waals surface area contributed by atoms with Crippen LogP contribution in [0.15, 0.2) is 72.3 Å². The number of hydrogen-bond donors (Lipinski definition) is 1. The van der Waals surface area contributed by atoms with Crippen LogP contribution in [0.5, 0.6) is 0 Å². The minimum Gasteiger partial charge on any atom is -0.448 e. The van der Waals surface area contributed by atoms with Crippen LogP contribution in [0.4, 0.5) is 11.4 Å². The molecule has 1 aliphatic carbocycles. The number of hydrogen-bond acceptors (Lipinski definition) is 7. The Kier molecular flexibility index (Phi) is 6.98. The lowest BCUT2D eigenvalue weighted by molar-refractivity contribution is -0.148. The third-order valence-corrected chi connectivity index (χ3v) is 5.91. The topological polar surface area (TPSA) is 117 Å². The van der Waals surface area contributed by atoms with Gasteiger partial charge in [-0.25, -0.2) is 4.79 Å². The van der Waals surface area contributed by atoms with E-state index in [0.29, 0.717) is 16.7 Å². The van der Waals surface area contributed by atoms with Crippen molar-refractivity contribution in [2.24, 2.45) is 0 Å². The van der Waals surface area contributed by atoms with Crippen LogP contribution in [-0.2, 0) is 14.3 Å². The lowest BCUT2D eigenvalue weighted by Crippen LogP contribution is -2.30. The van der Waals surface area contributed by atoms with Crippen molar-refractivity contribution in [3.05, 3.63) is 100 Å². The number of esters is 1. The molecule has 1 atom stereocenters. The molecule has 0 aliphatic heterocycles. The molecule has 1 amide bonds. The van der Waals surface area contributed by atoms with Crippen LogP contribution in [-0.4, -0.2) is 43.6 Å². The predicted molar refractivity (Wildman–Crippen MR) is 138 cm³/mol. The number of nitrogens with one attached hydrogen (secondary N) is 1. The minimum absolute atomic E-state index is 0.182. The van der Waals surface area contributed by atoms with Crippen molar-refractivity contribution in [3.8, 4) is 6.07 Å². The van der Waals surface area contributed by atoms with Crippen LogP contribution in [0.25, 0.3) is 6.08 Å². The summed E-state index contributed by atoms with van der Waals surface area (Å²) in [6, 6.07) is 20.0. The van der Waals surface area contributed by atoms with Crippen LogP contribution in [0.1, 0.15) is 44.3 Å². The Hall–Kier alpha value is -5.03. The van der Waals surface area contributed by atoms with Crippen LogP contribution in [0, 0.1) is 11.3 Å². The zero-order valence-electron chi connectivity index (χ0n) is 20.4. The second-order valence-corrected chi connectivity index (χ2v) is 8.66. The molecule has 0 saturated heterocycles. The molecule has 8 heteroatoms. The Bertz CT molecular complexity index is 1500. The molecule has 0 spiro atoms. The second-order valence-electron chi connectivity index (χ2n) is 8.66. The number of amides is 1. The van der Waals surface area contributed by atoms with Crippen LogP contribution in [0.3, 0.4) is 0 Å². The van der Waals surface area contributed by atoms with Crippen molar-refractivity contribution in [3.63, 3.8) is 0 Å². The number of fused-ring (bicyclic) bond motifs is 2. The fraction of sp³-hybridized carbons (Fsp3) is 0.138. The van der Waals surface area contributed by atoms with E-state index in [1.165, 1.54) is 31.2 Å². The first-order chi connectivity index (χ1) is 17.7. The molecule has 0 saturated carbocycles. The van der Waals surface area contributed by atoms with Crippen molar-refractivity contribution in [1.29, 1.82) is 5.26 Å². The molecule has 4 rings (SSSR count). The molecule has 37 heavy (non-hydrogen) atoms. The van der Waals surface area contributed by atoms with E-state index in [4.69, 9.17) is 4.74 Å². The average Bonchev–Trinajstić information content (AvgIpc) is 2.90. The number of ketones is 2. The Balaban J connectivity index is 1.45. The summed E-state index contributed by atoms with van der Waals surface area (Å²) in [6.45, 7) is 1.37. The fourth-order valence-corrected chi connectivity index (χ4v) is 3.87. The van der Waals surface area contributed by atoms with Gasteiger partial charge in [0.1, 0.15) is 11.6 Å². The van der Waals surface area contributed by atoms with E-state index >= 15 is 0 Å². The van der Waals surface area contributed by atoms with E-state index < -0.39 is 18.0 Å². The zero-order chi connectivity index (χ0) is 26.7. The highest BCUT2D eigenvalue weighted by molar-refractivity contribution is 6.28. The van der Waals surface area contributed by atoms with Crippen molar-refractivity contribution >= 4 is 40.9 Å². The number of carbonyl (C=O) groups excluding carboxylic acids is 4. The maximum atomic E-state index is 12.9. The molecular formula is C29H23N3O5. The normalized spacial score (nSPS) is 13.1. The van der Waals surface area contributed by atoms with Crippen molar-refractivity contribution in [1.82, 2.24) is 0 Å². The van der Waals surface area contributed by atoms with Crippen LogP contribution in [0.2, 0.25) is 0 Å². The number of anilines is 2. The summed E-state index contributed by atoms with van der Waals surface area (Å²) in [5.74, 6) is -2.18. The molecule has 0 aromatic heterocycles. The molecule has 0 radical (unpaired) electrons. The Morgan fingerprint density at radius 2 is 1.51 bits per heavy atom. The zero-order valence-corrected chi connectivity index (χ0v) is 20.4. The van der Waals surface area contributed by atoms with Gasteiger partial charge in [0.2, 0.25) is 0 Å². The molecular weight excluding hydrogens is 470 g/mol. The van der Waals surface area contributed by atoms with E-state index in [-0.39, 0.29) is 34.0 Å². The summed E-state index contributed by atoms with van der Waals surface area (Å²) in [4.78, 5) is 52.8. The molecule has 0 bridgehead atoms. The molecule has 1 N–H and O–H groups in total. The van der Waals surface area contributed by atoms with Crippen LogP contribution < -0.4 is 10.2 Å². The van der Waals surface area contributed by atoms with Gasteiger partial charge in [-0.05, 0) is 48.9 Å². The van der Waals surface area contributed by atoms with Gasteiger partial charge in [-0.3, -0.25) is 14.4 Å². The van der Waals surface area contributed by atoms with Gasteiger partial charge in [-0.1, -0.05) is 36.4 Å². The summed E-state index contributed by atoms with van der Waals surface area (Å²) < 4.78 is 5.20. The SMILES string of the molecule is CC(OC(=O)/C(C#N)=C/c1ccc(N(C)C)cc1)C(=O)Nc1ccc2c(c1)C(=O)c1ccccc1C2=O. The van der Waals surface area contributed by atoms with Gasteiger partial charge in [0.25, 0.3) is 5.91 Å². The van der Waals surface area contributed by atoms with Gasteiger partial charge in [0, 0.05) is 47.7 Å². The van der Waals surface area contributed by atoms with E-state index in [9.17, 15) is 24.4 Å². The fourth-order valence-electron chi connectivity index (χ4n) is 3.87. The Morgan fingerprint density at radius 3 is 2.11 bits per heavy atom. The number of ether oxygens (including phenoxy) is 1. The largest absolute Gasteiger partial charge is 0.448 e. The highest BCUT2D eigenvalue weighted by Crippen LogP contribution is 2.29. The highest BCUT2D eigenvalue weighted by Gasteiger charge is 2.30. The number of nitriles is 1. The first-order valence-corrected chi connectivity index (χ1v) is 11.4. The maximum Gasteiger partial charge on any atom is 0.349 e. The molecule has 1 aliphatic rings. The predicted octanol–water partition coefficient (Wildman–Crippen LogP) is 4.01. The summed E-state index contributed by atoms with van der Waals surface area (Å²) in [7, 11) is 3.80. The molecule has 0 heterocycles. The Morgan fingerprint density at radius 1 is 0.919 bits per heavy atom. The quantitative estimate of drug-likeness (QED) is 0.245. The monoisotopic (exact) mass is 493 g/mol. The molecule has 184 valence electrons.